The van der Waals surface area contributed by atoms with E-state index in [-0.39, 0.29) is 22.8 Å². The molecule has 1 amide bonds. The van der Waals surface area contributed by atoms with E-state index < -0.39 is 0 Å². The second kappa shape index (κ2) is 8.19. The minimum Gasteiger partial charge on any atom is -0.352 e. The number of hydrogen-bond acceptors (Lipinski definition) is 5. The summed E-state index contributed by atoms with van der Waals surface area (Å²) in [5.41, 5.74) is 1.13. The Hall–Kier alpha value is -1.34. The number of carbonyl (C=O) groups is 1. The van der Waals surface area contributed by atoms with Crippen molar-refractivity contribution in [1.82, 2.24) is 15.3 Å². The number of nitrogens with zero attached hydrogens (tertiary/aromatic N) is 1. The molecule has 28 heavy (non-hydrogen) atoms. The van der Waals surface area contributed by atoms with Gasteiger partial charge in [0.2, 0.25) is 5.91 Å². The van der Waals surface area contributed by atoms with Gasteiger partial charge in [0.25, 0.3) is 5.56 Å². The molecule has 2 aromatic heterocycles. The number of H-pyrrole nitrogens is 1. The van der Waals surface area contributed by atoms with E-state index in [0.29, 0.717) is 17.0 Å². The van der Waals surface area contributed by atoms with Crippen molar-refractivity contribution in [3.8, 4) is 0 Å². The van der Waals surface area contributed by atoms with Gasteiger partial charge in [-0.15, -0.1) is 11.3 Å². The topological polar surface area (TPSA) is 74.8 Å². The van der Waals surface area contributed by atoms with Crippen LogP contribution in [-0.4, -0.2) is 27.2 Å². The largest absolute Gasteiger partial charge is 0.352 e. The monoisotopic (exact) mass is 419 g/mol. The van der Waals surface area contributed by atoms with Gasteiger partial charge in [-0.1, -0.05) is 38.5 Å². The van der Waals surface area contributed by atoms with Crippen LogP contribution in [0.1, 0.15) is 63.3 Å². The number of aromatic amines is 1. The lowest BCUT2D eigenvalue weighted by Crippen LogP contribution is -2.44. The zero-order valence-corrected chi connectivity index (χ0v) is 18.5. The van der Waals surface area contributed by atoms with Crippen molar-refractivity contribution in [3.63, 3.8) is 0 Å². The molecular formula is C21H29N3O2S2. The Labute approximate surface area is 174 Å². The van der Waals surface area contributed by atoms with Crippen LogP contribution in [0.5, 0.6) is 0 Å². The van der Waals surface area contributed by atoms with Gasteiger partial charge in [0, 0.05) is 10.9 Å². The molecule has 0 radical (unpaired) electrons. The predicted octanol–water partition coefficient (Wildman–Crippen LogP) is 4.28. The normalized spacial score (nSPS) is 26.0. The lowest BCUT2D eigenvalue weighted by Gasteiger charge is -2.30. The molecule has 1 fully saturated rings. The van der Waals surface area contributed by atoms with E-state index in [2.05, 4.69) is 24.1 Å². The van der Waals surface area contributed by atoms with Crippen molar-refractivity contribution in [2.24, 2.45) is 11.8 Å². The fourth-order valence-electron chi connectivity index (χ4n) is 4.44. The number of hydrogen-bond donors (Lipinski definition) is 2. The summed E-state index contributed by atoms with van der Waals surface area (Å²) < 4.78 is 0. The van der Waals surface area contributed by atoms with Gasteiger partial charge >= 0.3 is 0 Å². The van der Waals surface area contributed by atoms with Crippen LogP contribution in [0.15, 0.2) is 9.95 Å². The van der Waals surface area contributed by atoms with Gasteiger partial charge in [0.05, 0.1) is 10.6 Å². The standard InChI is InChI=1S/C21H29N3O2S2/c1-11-8-9-14-16(10-11)28-20-17(14)19(26)23-21(24-20)27-13(3)18(25)22-15-7-5-4-6-12(15)2/h11-13,15H,4-10H2,1-3H3,(H,22,25)(H,23,24,26)/t11-,12-,13+,15+/m0/s1. The number of nitrogens with one attached hydrogen (secondary N) is 2. The van der Waals surface area contributed by atoms with Gasteiger partial charge in [0.1, 0.15) is 4.83 Å². The Morgan fingerprint density at radius 2 is 2.07 bits per heavy atom. The molecule has 0 saturated heterocycles. The van der Waals surface area contributed by atoms with Crippen LogP contribution < -0.4 is 10.9 Å². The van der Waals surface area contributed by atoms with E-state index in [0.717, 1.165) is 35.9 Å². The Morgan fingerprint density at radius 3 is 2.86 bits per heavy atom. The number of carbonyl (C=O) groups excluding carboxylic acids is 1. The lowest BCUT2D eigenvalue weighted by molar-refractivity contribution is -0.121. The molecular weight excluding hydrogens is 390 g/mol. The van der Waals surface area contributed by atoms with Gasteiger partial charge in [-0.3, -0.25) is 9.59 Å². The van der Waals surface area contributed by atoms with Gasteiger partial charge in [0.15, 0.2) is 5.16 Å². The Balaban J connectivity index is 1.50. The molecule has 0 bridgehead atoms. The predicted molar refractivity (Wildman–Crippen MR) is 116 cm³/mol. The van der Waals surface area contributed by atoms with Crippen LogP contribution in [0.25, 0.3) is 10.2 Å². The van der Waals surface area contributed by atoms with Crippen molar-refractivity contribution in [2.75, 3.05) is 0 Å². The van der Waals surface area contributed by atoms with Gasteiger partial charge in [-0.25, -0.2) is 4.98 Å². The first-order valence-corrected chi connectivity index (χ1v) is 12.1. The number of amides is 1. The highest BCUT2D eigenvalue weighted by Crippen LogP contribution is 2.36. The average Bonchev–Trinajstić information content (AvgIpc) is 3.01. The number of aromatic nitrogens is 2. The summed E-state index contributed by atoms with van der Waals surface area (Å²) in [6.07, 6.45) is 7.81. The van der Waals surface area contributed by atoms with E-state index >= 15 is 0 Å². The van der Waals surface area contributed by atoms with Crippen LogP contribution in [0.2, 0.25) is 0 Å². The zero-order chi connectivity index (χ0) is 19.8. The highest BCUT2D eigenvalue weighted by Gasteiger charge is 2.27. The van der Waals surface area contributed by atoms with E-state index in [1.54, 1.807) is 11.3 Å². The zero-order valence-electron chi connectivity index (χ0n) is 16.8. The summed E-state index contributed by atoms with van der Waals surface area (Å²) >= 11 is 3.00. The summed E-state index contributed by atoms with van der Waals surface area (Å²) in [6, 6.07) is 0.268. The van der Waals surface area contributed by atoms with Crippen LogP contribution >= 0.6 is 23.1 Å². The van der Waals surface area contributed by atoms with Gasteiger partial charge in [-0.05, 0) is 56.4 Å². The van der Waals surface area contributed by atoms with Gasteiger partial charge in [-0.2, -0.15) is 0 Å². The van der Waals surface area contributed by atoms with Crippen LogP contribution in [0.3, 0.4) is 0 Å². The third-order valence-electron chi connectivity index (χ3n) is 6.24. The minimum absolute atomic E-state index is 0.0331. The molecule has 2 aromatic rings. The van der Waals surface area contributed by atoms with Crippen molar-refractivity contribution < 1.29 is 4.79 Å². The van der Waals surface area contributed by atoms with Crippen molar-refractivity contribution >= 4 is 39.2 Å². The minimum atomic E-state index is -0.288. The van der Waals surface area contributed by atoms with E-state index in [9.17, 15) is 9.59 Å². The second-order valence-corrected chi connectivity index (χ2v) is 11.0. The van der Waals surface area contributed by atoms with E-state index in [4.69, 9.17) is 4.98 Å². The Morgan fingerprint density at radius 1 is 1.29 bits per heavy atom. The third-order valence-corrected chi connectivity index (χ3v) is 8.37. The lowest BCUT2D eigenvalue weighted by atomic mass is 9.86. The van der Waals surface area contributed by atoms with Crippen LogP contribution in [-0.2, 0) is 17.6 Å². The molecule has 1 saturated carbocycles. The molecule has 0 spiro atoms. The molecule has 2 N–H and O–H groups in total. The molecule has 152 valence electrons. The van der Waals surface area contributed by atoms with E-state index in [1.165, 1.54) is 41.5 Å². The quantitative estimate of drug-likeness (QED) is 0.573. The molecule has 5 nitrogen and oxygen atoms in total. The third kappa shape index (κ3) is 4.01. The van der Waals surface area contributed by atoms with Crippen molar-refractivity contribution in [2.45, 2.75) is 82.2 Å². The smallest absolute Gasteiger partial charge is 0.260 e. The summed E-state index contributed by atoms with van der Waals surface area (Å²) in [5, 5.41) is 4.23. The molecule has 0 aromatic carbocycles. The average molecular weight is 420 g/mol. The fraction of sp³-hybridized carbons (Fsp3) is 0.667. The molecule has 0 unspecified atom stereocenters. The van der Waals surface area contributed by atoms with Crippen LogP contribution in [0.4, 0.5) is 0 Å². The maximum atomic E-state index is 12.7. The number of thiophene rings is 1. The molecule has 0 aliphatic heterocycles. The molecule has 2 heterocycles. The first kappa shape index (κ1) is 20.0. The Kier molecular flexibility index (Phi) is 5.83. The highest BCUT2D eigenvalue weighted by atomic mass is 32.2. The maximum Gasteiger partial charge on any atom is 0.260 e. The first-order valence-electron chi connectivity index (χ1n) is 10.4. The maximum absolute atomic E-state index is 12.7. The fourth-order valence-corrected chi connectivity index (χ4v) is 6.68. The highest BCUT2D eigenvalue weighted by molar-refractivity contribution is 8.00. The molecule has 2 aliphatic carbocycles. The van der Waals surface area contributed by atoms with Crippen LogP contribution in [0, 0.1) is 11.8 Å². The number of thioether (sulfide) groups is 1. The summed E-state index contributed by atoms with van der Waals surface area (Å²) in [4.78, 5) is 35.1. The molecule has 4 atom stereocenters. The van der Waals surface area contributed by atoms with Crippen molar-refractivity contribution in [1.29, 1.82) is 0 Å². The molecule has 7 heteroatoms. The molecule has 2 aliphatic rings. The number of rotatable bonds is 4. The molecule has 4 rings (SSSR count). The summed E-state index contributed by atoms with van der Waals surface area (Å²) in [5.74, 6) is 1.23. The summed E-state index contributed by atoms with van der Waals surface area (Å²) in [7, 11) is 0. The second-order valence-electron chi connectivity index (χ2n) is 8.54. The SMILES string of the molecule is C[C@H]1CCc2c(sc3nc(S[C@H](C)C(=O)N[C@@H]4CCCC[C@@H]4C)[nH]c(=O)c23)C1. The van der Waals surface area contributed by atoms with Gasteiger partial charge < -0.3 is 10.3 Å². The summed E-state index contributed by atoms with van der Waals surface area (Å²) in [6.45, 7) is 6.37. The first-order chi connectivity index (χ1) is 13.4. The number of aryl methyl sites for hydroxylation is 1. The van der Waals surface area contributed by atoms with Crippen molar-refractivity contribution in [3.05, 3.63) is 20.8 Å². The van der Waals surface area contributed by atoms with E-state index in [1.807, 2.05) is 6.92 Å². The number of fused-ring (bicyclic) bond motifs is 3. The Bertz CT molecular complexity index is 936.